The van der Waals surface area contributed by atoms with Crippen molar-refractivity contribution in [1.29, 1.82) is 0 Å². The van der Waals surface area contributed by atoms with E-state index < -0.39 is 17.8 Å². The Labute approximate surface area is 145 Å². The summed E-state index contributed by atoms with van der Waals surface area (Å²) in [5, 5.41) is 6.00. The molecular formula is C18H18ClFN2O2. The van der Waals surface area contributed by atoms with Crippen molar-refractivity contribution in [2.75, 3.05) is 5.32 Å². The van der Waals surface area contributed by atoms with E-state index in [2.05, 4.69) is 10.6 Å². The van der Waals surface area contributed by atoms with Crippen molar-refractivity contribution in [1.82, 2.24) is 5.32 Å². The Hall–Kier alpha value is -2.40. The van der Waals surface area contributed by atoms with Crippen LogP contribution in [0, 0.1) is 11.7 Å². The van der Waals surface area contributed by atoms with Gasteiger partial charge < -0.3 is 10.6 Å². The van der Waals surface area contributed by atoms with Crippen LogP contribution in [0.2, 0.25) is 5.02 Å². The van der Waals surface area contributed by atoms with Gasteiger partial charge in [-0.25, -0.2) is 4.39 Å². The monoisotopic (exact) mass is 348 g/mol. The first kappa shape index (κ1) is 17.9. The summed E-state index contributed by atoms with van der Waals surface area (Å²) >= 11 is 5.81. The second-order valence-electron chi connectivity index (χ2n) is 5.70. The van der Waals surface area contributed by atoms with Gasteiger partial charge in [-0.3, -0.25) is 9.59 Å². The summed E-state index contributed by atoms with van der Waals surface area (Å²) in [6.07, 6.45) is 0. The zero-order chi connectivity index (χ0) is 17.7. The number of amides is 2. The highest BCUT2D eigenvalue weighted by Gasteiger charge is 2.24. The lowest BCUT2D eigenvalue weighted by molar-refractivity contribution is -0.118. The van der Waals surface area contributed by atoms with Crippen LogP contribution in [-0.4, -0.2) is 17.9 Å². The molecule has 0 aliphatic heterocycles. The average molecular weight is 349 g/mol. The number of carbonyl (C=O) groups is 2. The average Bonchev–Trinajstić information content (AvgIpc) is 2.54. The first-order chi connectivity index (χ1) is 11.4. The summed E-state index contributed by atoms with van der Waals surface area (Å²) in [7, 11) is 0. The highest BCUT2D eigenvalue weighted by Crippen LogP contribution is 2.15. The summed E-state index contributed by atoms with van der Waals surface area (Å²) in [5.41, 5.74) is 0.882. The van der Waals surface area contributed by atoms with Gasteiger partial charge in [-0.15, -0.1) is 0 Å². The first-order valence-electron chi connectivity index (χ1n) is 7.49. The van der Waals surface area contributed by atoms with Gasteiger partial charge in [0, 0.05) is 16.3 Å². The molecule has 0 saturated heterocycles. The third kappa shape index (κ3) is 4.80. The smallest absolute Gasteiger partial charge is 0.251 e. The van der Waals surface area contributed by atoms with Gasteiger partial charge in [-0.1, -0.05) is 25.4 Å². The molecule has 0 aliphatic carbocycles. The quantitative estimate of drug-likeness (QED) is 0.861. The number of carbonyl (C=O) groups excluding carboxylic acids is 2. The molecule has 0 fully saturated rings. The second kappa shape index (κ2) is 7.93. The molecule has 6 heteroatoms. The molecule has 2 N–H and O–H groups in total. The fraction of sp³-hybridized carbons (Fsp3) is 0.222. The van der Waals surface area contributed by atoms with Crippen LogP contribution in [0.1, 0.15) is 24.2 Å². The zero-order valence-electron chi connectivity index (χ0n) is 13.3. The molecule has 0 heterocycles. The Kier molecular flexibility index (Phi) is 5.93. The van der Waals surface area contributed by atoms with Crippen molar-refractivity contribution < 1.29 is 14.0 Å². The van der Waals surface area contributed by atoms with Gasteiger partial charge in [0.2, 0.25) is 5.91 Å². The van der Waals surface area contributed by atoms with Gasteiger partial charge >= 0.3 is 0 Å². The van der Waals surface area contributed by atoms with Crippen molar-refractivity contribution in [2.45, 2.75) is 19.9 Å². The molecule has 0 bridgehead atoms. The van der Waals surface area contributed by atoms with E-state index in [-0.39, 0.29) is 11.8 Å². The molecule has 126 valence electrons. The highest BCUT2D eigenvalue weighted by molar-refractivity contribution is 6.30. The van der Waals surface area contributed by atoms with Crippen LogP contribution in [-0.2, 0) is 4.79 Å². The van der Waals surface area contributed by atoms with Gasteiger partial charge in [0.15, 0.2) is 0 Å². The van der Waals surface area contributed by atoms with E-state index in [4.69, 9.17) is 11.6 Å². The van der Waals surface area contributed by atoms with Gasteiger partial charge in [0.25, 0.3) is 5.91 Å². The minimum atomic E-state index is -0.724. The lowest BCUT2D eigenvalue weighted by Gasteiger charge is -2.21. The second-order valence-corrected chi connectivity index (χ2v) is 6.13. The molecule has 4 nitrogen and oxygen atoms in total. The van der Waals surface area contributed by atoms with Crippen LogP contribution < -0.4 is 10.6 Å². The predicted molar refractivity (Wildman–Crippen MR) is 92.6 cm³/mol. The Bertz CT molecular complexity index is 715. The number of hydrogen-bond donors (Lipinski definition) is 2. The fourth-order valence-corrected chi connectivity index (χ4v) is 2.24. The summed E-state index contributed by atoms with van der Waals surface area (Å²) in [4.78, 5) is 24.7. The van der Waals surface area contributed by atoms with Crippen molar-refractivity contribution in [3.8, 4) is 0 Å². The van der Waals surface area contributed by atoms with Crippen molar-refractivity contribution in [3.63, 3.8) is 0 Å². The Balaban J connectivity index is 2.07. The summed E-state index contributed by atoms with van der Waals surface area (Å²) in [6, 6.07) is 11.1. The van der Waals surface area contributed by atoms with E-state index in [1.54, 1.807) is 24.3 Å². The molecule has 2 aromatic carbocycles. The van der Waals surface area contributed by atoms with Crippen LogP contribution in [0.4, 0.5) is 10.1 Å². The maximum Gasteiger partial charge on any atom is 0.251 e. The van der Waals surface area contributed by atoms with Crippen molar-refractivity contribution >= 4 is 29.1 Å². The normalized spacial score (nSPS) is 11.9. The van der Waals surface area contributed by atoms with E-state index >= 15 is 0 Å². The maximum atomic E-state index is 12.9. The third-order valence-electron chi connectivity index (χ3n) is 3.45. The standard InChI is InChI=1S/C18H18ClFN2O2/c1-11(2)16(18(24)21-15-9-5-13(19)6-10-15)22-17(23)12-3-7-14(20)8-4-12/h3-11,16H,1-2H3,(H,21,24)(H,22,23). The predicted octanol–water partition coefficient (Wildman–Crippen LogP) is 3.87. The fourth-order valence-electron chi connectivity index (χ4n) is 2.11. The number of nitrogens with one attached hydrogen (secondary N) is 2. The van der Waals surface area contributed by atoms with Crippen LogP contribution in [0.25, 0.3) is 0 Å². The zero-order valence-corrected chi connectivity index (χ0v) is 14.1. The number of anilines is 1. The van der Waals surface area contributed by atoms with Gasteiger partial charge in [-0.2, -0.15) is 0 Å². The number of benzene rings is 2. The number of halogens is 2. The minimum absolute atomic E-state index is 0.123. The van der Waals surface area contributed by atoms with E-state index in [0.29, 0.717) is 16.3 Å². The molecule has 2 aromatic rings. The molecule has 24 heavy (non-hydrogen) atoms. The minimum Gasteiger partial charge on any atom is -0.340 e. The largest absolute Gasteiger partial charge is 0.340 e. The molecule has 0 saturated carbocycles. The molecule has 1 atom stereocenters. The topological polar surface area (TPSA) is 58.2 Å². The Morgan fingerprint density at radius 2 is 1.58 bits per heavy atom. The molecule has 0 radical (unpaired) electrons. The van der Waals surface area contributed by atoms with Crippen molar-refractivity contribution in [2.24, 2.45) is 5.92 Å². The van der Waals surface area contributed by atoms with Gasteiger partial charge in [0.05, 0.1) is 0 Å². The lowest BCUT2D eigenvalue weighted by Crippen LogP contribution is -2.47. The molecule has 0 aromatic heterocycles. The summed E-state index contributed by atoms with van der Waals surface area (Å²) in [6.45, 7) is 3.66. The Morgan fingerprint density at radius 1 is 1.00 bits per heavy atom. The number of hydrogen-bond acceptors (Lipinski definition) is 2. The summed E-state index contributed by atoms with van der Waals surface area (Å²) in [5.74, 6) is -1.31. The summed E-state index contributed by atoms with van der Waals surface area (Å²) < 4.78 is 12.9. The SMILES string of the molecule is CC(C)C(NC(=O)c1ccc(F)cc1)C(=O)Nc1ccc(Cl)cc1. The lowest BCUT2D eigenvalue weighted by atomic mass is 10.0. The van der Waals surface area contributed by atoms with E-state index in [1.165, 1.54) is 24.3 Å². The molecule has 0 spiro atoms. The molecule has 2 amide bonds. The van der Waals surface area contributed by atoms with E-state index in [1.807, 2.05) is 13.8 Å². The maximum absolute atomic E-state index is 12.9. The molecule has 1 unspecified atom stereocenters. The molecule has 2 rings (SSSR count). The van der Waals surface area contributed by atoms with Crippen LogP contribution in [0.15, 0.2) is 48.5 Å². The molecule has 0 aliphatic rings. The molecular weight excluding hydrogens is 331 g/mol. The first-order valence-corrected chi connectivity index (χ1v) is 7.87. The van der Waals surface area contributed by atoms with Crippen LogP contribution in [0.5, 0.6) is 0 Å². The van der Waals surface area contributed by atoms with Crippen LogP contribution in [0.3, 0.4) is 0 Å². The highest BCUT2D eigenvalue weighted by atomic mass is 35.5. The van der Waals surface area contributed by atoms with E-state index in [0.717, 1.165) is 0 Å². The third-order valence-corrected chi connectivity index (χ3v) is 3.71. The number of rotatable bonds is 5. The van der Waals surface area contributed by atoms with Crippen LogP contribution >= 0.6 is 11.6 Å². The Morgan fingerprint density at radius 3 is 2.12 bits per heavy atom. The van der Waals surface area contributed by atoms with Gasteiger partial charge in [-0.05, 0) is 54.4 Å². The van der Waals surface area contributed by atoms with Crippen molar-refractivity contribution in [3.05, 3.63) is 64.9 Å². The van der Waals surface area contributed by atoms with Gasteiger partial charge in [0.1, 0.15) is 11.9 Å². The van der Waals surface area contributed by atoms with E-state index in [9.17, 15) is 14.0 Å².